The number of aromatic nitrogens is 2. The number of ether oxygens (including phenoxy) is 4. The molecule has 0 bridgehead atoms. The zero-order valence-electron chi connectivity index (χ0n) is 15.1. The van der Waals surface area contributed by atoms with Crippen molar-refractivity contribution in [2.45, 2.75) is 0 Å². The van der Waals surface area contributed by atoms with E-state index >= 15 is 0 Å². The van der Waals surface area contributed by atoms with E-state index < -0.39 is 11.9 Å². The van der Waals surface area contributed by atoms with Gasteiger partial charge in [-0.05, 0) is 24.3 Å². The molecule has 0 saturated carbocycles. The molecule has 0 N–H and O–H groups in total. The fraction of sp³-hybridized carbons (Fsp3) is 0.100. The summed E-state index contributed by atoms with van der Waals surface area (Å²) in [5.74, 6) is -1.06. The SMILES string of the molecule is COc1cc(OC)nc(Oc2ccccc2C(=O)OC(=O)c2ccccc2)n1. The molecule has 3 rings (SSSR count). The fourth-order valence-electron chi connectivity index (χ4n) is 2.23. The summed E-state index contributed by atoms with van der Waals surface area (Å²) in [6.45, 7) is 0. The van der Waals surface area contributed by atoms with Crippen molar-refractivity contribution >= 4 is 11.9 Å². The van der Waals surface area contributed by atoms with Gasteiger partial charge in [-0.3, -0.25) is 0 Å². The summed E-state index contributed by atoms with van der Waals surface area (Å²) in [5, 5.41) is 0. The van der Waals surface area contributed by atoms with E-state index in [1.165, 1.54) is 32.4 Å². The number of hydrogen-bond donors (Lipinski definition) is 0. The van der Waals surface area contributed by atoms with Crippen molar-refractivity contribution < 1.29 is 28.5 Å². The second-order valence-electron chi connectivity index (χ2n) is 5.38. The van der Waals surface area contributed by atoms with Crippen LogP contribution in [-0.2, 0) is 4.74 Å². The number of hydrogen-bond acceptors (Lipinski definition) is 8. The molecule has 0 fully saturated rings. The summed E-state index contributed by atoms with van der Waals surface area (Å²) >= 11 is 0. The van der Waals surface area contributed by atoms with E-state index in [-0.39, 0.29) is 34.6 Å². The van der Waals surface area contributed by atoms with E-state index in [9.17, 15) is 9.59 Å². The van der Waals surface area contributed by atoms with Gasteiger partial charge in [0.1, 0.15) is 11.3 Å². The summed E-state index contributed by atoms with van der Waals surface area (Å²) in [4.78, 5) is 32.7. The molecule has 0 aliphatic rings. The minimum atomic E-state index is -0.862. The minimum Gasteiger partial charge on any atom is -0.481 e. The Morgan fingerprint density at radius 3 is 2.04 bits per heavy atom. The lowest BCUT2D eigenvalue weighted by molar-refractivity contribution is 0.0396. The summed E-state index contributed by atoms with van der Waals surface area (Å²) in [6.07, 6.45) is 0. The maximum absolute atomic E-state index is 12.5. The molecule has 0 amide bonds. The van der Waals surface area contributed by atoms with Crippen LogP contribution in [0.15, 0.2) is 60.7 Å². The first-order chi connectivity index (χ1) is 13.6. The first kappa shape index (κ1) is 18.8. The summed E-state index contributed by atoms with van der Waals surface area (Å²) in [6, 6.07) is 15.8. The molecule has 3 aromatic rings. The molecular weight excluding hydrogens is 364 g/mol. The Kier molecular flexibility index (Phi) is 5.81. The predicted molar refractivity (Wildman–Crippen MR) is 97.8 cm³/mol. The quantitative estimate of drug-likeness (QED) is 0.475. The number of esters is 2. The molecule has 0 atom stereocenters. The first-order valence-electron chi connectivity index (χ1n) is 8.16. The van der Waals surface area contributed by atoms with Gasteiger partial charge < -0.3 is 18.9 Å². The number of benzene rings is 2. The van der Waals surface area contributed by atoms with Crippen molar-refractivity contribution in [2.24, 2.45) is 0 Å². The fourth-order valence-corrected chi connectivity index (χ4v) is 2.23. The highest BCUT2D eigenvalue weighted by atomic mass is 16.6. The third-order valence-electron chi connectivity index (χ3n) is 3.58. The number of nitrogens with zero attached hydrogens (tertiary/aromatic N) is 2. The molecule has 0 saturated heterocycles. The standard InChI is InChI=1S/C20H16N2O6/c1-25-16-12-17(26-2)22-20(21-16)27-15-11-7-6-10-14(15)19(24)28-18(23)13-8-4-3-5-9-13/h3-12H,1-2H3. The van der Waals surface area contributed by atoms with Gasteiger partial charge in [-0.25, -0.2) is 9.59 Å². The van der Waals surface area contributed by atoms with E-state index in [1.807, 2.05) is 0 Å². The monoisotopic (exact) mass is 380 g/mol. The third-order valence-corrected chi connectivity index (χ3v) is 3.58. The Hall–Kier alpha value is -3.94. The van der Waals surface area contributed by atoms with E-state index in [0.29, 0.717) is 0 Å². The molecule has 0 unspecified atom stereocenters. The molecule has 8 heteroatoms. The minimum absolute atomic E-state index is 0.0390. The zero-order valence-corrected chi connectivity index (χ0v) is 15.1. The number of rotatable bonds is 6. The molecule has 28 heavy (non-hydrogen) atoms. The van der Waals surface area contributed by atoms with Crippen LogP contribution in [-0.4, -0.2) is 36.1 Å². The first-order valence-corrected chi connectivity index (χ1v) is 8.16. The van der Waals surface area contributed by atoms with Gasteiger partial charge >= 0.3 is 17.9 Å². The Labute approximate surface area is 160 Å². The lowest BCUT2D eigenvalue weighted by Crippen LogP contribution is -2.13. The third kappa shape index (κ3) is 4.42. The number of carbonyl (C=O) groups is 2. The summed E-state index contributed by atoms with van der Waals surface area (Å²) < 4.78 is 20.7. The molecule has 0 radical (unpaired) electrons. The maximum atomic E-state index is 12.5. The highest BCUT2D eigenvalue weighted by Gasteiger charge is 2.20. The van der Waals surface area contributed by atoms with Crippen molar-refractivity contribution in [3.8, 4) is 23.5 Å². The molecular formula is C20H16N2O6. The Balaban J connectivity index is 1.83. The second-order valence-corrected chi connectivity index (χ2v) is 5.38. The Bertz CT molecular complexity index is 969. The highest BCUT2D eigenvalue weighted by molar-refractivity contribution is 6.03. The molecule has 0 aliphatic carbocycles. The molecule has 2 aromatic carbocycles. The van der Waals surface area contributed by atoms with Crippen LogP contribution >= 0.6 is 0 Å². The van der Waals surface area contributed by atoms with Gasteiger partial charge in [-0.1, -0.05) is 30.3 Å². The van der Waals surface area contributed by atoms with E-state index in [2.05, 4.69) is 9.97 Å². The molecule has 0 spiro atoms. The van der Waals surface area contributed by atoms with Crippen LogP contribution in [0.1, 0.15) is 20.7 Å². The topological polar surface area (TPSA) is 96.8 Å². The van der Waals surface area contributed by atoms with Crippen LogP contribution in [0.3, 0.4) is 0 Å². The van der Waals surface area contributed by atoms with Gasteiger partial charge in [0, 0.05) is 0 Å². The van der Waals surface area contributed by atoms with Crippen molar-refractivity contribution in [3.63, 3.8) is 0 Å². The van der Waals surface area contributed by atoms with Crippen LogP contribution in [0, 0.1) is 0 Å². The van der Waals surface area contributed by atoms with Crippen LogP contribution in [0.25, 0.3) is 0 Å². The van der Waals surface area contributed by atoms with E-state index in [4.69, 9.17) is 18.9 Å². The maximum Gasteiger partial charge on any atom is 0.349 e. The number of methoxy groups -OCH3 is 2. The van der Waals surface area contributed by atoms with Crippen LogP contribution in [0.2, 0.25) is 0 Å². The van der Waals surface area contributed by atoms with Gasteiger partial charge in [0.2, 0.25) is 11.8 Å². The van der Waals surface area contributed by atoms with Crippen LogP contribution in [0.5, 0.6) is 23.5 Å². The molecule has 1 heterocycles. The van der Waals surface area contributed by atoms with Crippen molar-refractivity contribution in [1.82, 2.24) is 9.97 Å². The Morgan fingerprint density at radius 2 is 1.39 bits per heavy atom. The van der Waals surface area contributed by atoms with Crippen molar-refractivity contribution in [2.75, 3.05) is 14.2 Å². The Morgan fingerprint density at radius 1 is 0.786 bits per heavy atom. The molecule has 1 aromatic heterocycles. The lowest BCUT2D eigenvalue weighted by Gasteiger charge is -2.10. The molecule has 8 nitrogen and oxygen atoms in total. The smallest absolute Gasteiger partial charge is 0.349 e. The van der Waals surface area contributed by atoms with Crippen molar-refractivity contribution in [1.29, 1.82) is 0 Å². The molecule has 142 valence electrons. The summed E-state index contributed by atoms with van der Waals surface area (Å²) in [5.41, 5.74) is 0.298. The largest absolute Gasteiger partial charge is 0.481 e. The zero-order chi connectivity index (χ0) is 19.9. The number of para-hydroxylation sites is 1. The average molecular weight is 380 g/mol. The van der Waals surface area contributed by atoms with Gasteiger partial charge in [0.05, 0.1) is 25.8 Å². The second kappa shape index (κ2) is 8.63. The van der Waals surface area contributed by atoms with Gasteiger partial charge in [0.25, 0.3) is 0 Å². The number of carbonyl (C=O) groups excluding carboxylic acids is 2. The highest BCUT2D eigenvalue weighted by Crippen LogP contribution is 2.27. The predicted octanol–water partition coefficient (Wildman–Crippen LogP) is 3.28. The average Bonchev–Trinajstić information content (AvgIpc) is 2.74. The normalized spacial score (nSPS) is 10.1. The van der Waals surface area contributed by atoms with Gasteiger partial charge in [0.15, 0.2) is 0 Å². The molecule has 0 aliphatic heterocycles. The van der Waals surface area contributed by atoms with Crippen molar-refractivity contribution in [3.05, 3.63) is 71.8 Å². The summed E-state index contributed by atoms with van der Waals surface area (Å²) in [7, 11) is 2.87. The van der Waals surface area contributed by atoms with Crippen LogP contribution in [0.4, 0.5) is 0 Å². The van der Waals surface area contributed by atoms with Gasteiger partial charge in [-0.2, -0.15) is 9.97 Å². The lowest BCUT2D eigenvalue weighted by atomic mass is 10.2. The van der Waals surface area contributed by atoms with E-state index in [1.54, 1.807) is 42.5 Å². The van der Waals surface area contributed by atoms with Gasteiger partial charge in [-0.15, -0.1) is 0 Å². The van der Waals surface area contributed by atoms with Crippen LogP contribution < -0.4 is 14.2 Å². The van der Waals surface area contributed by atoms with E-state index in [0.717, 1.165) is 0 Å².